The van der Waals surface area contributed by atoms with Gasteiger partial charge in [-0.25, -0.2) is 0 Å². The molecule has 0 radical (unpaired) electrons. The predicted octanol–water partition coefficient (Wildman–Crippen LogP) is 0.409. The van der Waals surface area contributed by atoms with Gasteiger partial charge < -0.3 is 15.8 Å². The van der Waals surface area contributed by atoms with Crippen LogP contribution in [0.2, 0.25) is 0 Å². The van der Waals surface area contributed by atoms with Crippen molar-refractivity contribution in [2.24, 2.45) is 5.73 Å². The predicted molar refractivity (Wildman–Crippen MR) is 54.9 cm³/mol. The molecule has 3 N–H and O–H groups in total. The second kappa shape index (κ2) is 4.75. The maximum absolute atomic E-state index is 11.5. The summed E-state index contributed by atoms with van der Waals surface area (Å²) in [5.41, 5.74) is 5.76. The first-order valence-corrected chi connectivity index (χ1v) is 5.14. The van der Waals surface area contributed by atoms with Crippen LogP contribution < -0.4 is 11.1 Å². The van der Waals surface area contributed by atoms with E-state index in [0.29, 0.717) is 13.0 Å². The van der Waals surface area contributed by atoms with Gasteiger partial charge in [-0.05, 0) is 32.6 Å². The van der Waals surface area contributed by atoms with Crippen molar-refractivity contribution in [2.45, 2.75) is 44.2 Å². The van der Waals surface area contributed by atoms with Crippen LogP contribution in [0, 0.1) is 0 Å². The van der Waals surface area contributed by atoms with Crippen molar-refractivity contribution in [1.29, 1.82) is 0 Å². The summed E-state index contributed by atoms with van der Waals surface area (Å²) in [4.78, 5) is 11.5. The Kier molecular flexibility index (Phi) is 3.89. The molecule has 14 heavy (non-hydrogen) atoms. The van der Waals surface area contributed by atoms with E-state index >= 15 is 0 Å². The minimum Gasteiger partial charge on any atom is -0.385 e. The highest BCUT2D eigenvalue weighted by Crippen LogP contribution is 2.34. The lowest BCUT2D eigenvalue weighted by Gasteiger charge is -2.16. The molecule has 1 fully saturated rings. The van der Waals surface area contributed by atoms with Crippen LogP contribution in [0.15, 0.2) is 0 Å². The van der Waals surface area contributed by atoms with Gasteiger partial charge in [0.15, 0.2) is 0 Å². The van der Waals surface area contributed by atoms with Crippen LogP contribution in [0.4, 0.5) is 0 Å². The van der Waals surface area contributed by atoms with Crippen LogP contribution in [0.3, 0.4) is 0 Å². The van der Waals surface area contributed by atoms with Crippen LogP contribution in [0.1, 0.15) is 32.6 Å². The van der Waals surface area contributed by atoms with E-state index < -0.39 is 0 Å². The minimum atomic E-state index is -0.387. The van der Waals surface area contributed by atoms with Gasteiger partial charge in [-0.2, -0.15) is 0 Å². The fourth-order valence-corrected chi connectivity index (χ4v) is 1.28. The molecule has 0 heterocycles. The van der Waals surface area contributed by atoms with Crippen molar-refractivity contribution in [3.63, 3.8) is 0 Å². The fraction of sp³-hybridized carbons (Fsp3) is 0.900. The normalized spacial score (nSPS) is 20.2. The molecular weight excluding hydrogens is 180 g/mol. The number of hydrogen-bond acceptors (Lipinski definition) is 3. The third-order valence-corrected chi connectivity index (χ3v) is 2.63. The maximum Gasteiger partial charge on any atom is 0.237 e. The van der Waals surface area contributed by atoms with Crippen molar-refractivity contribution in [1.82, 2.24) is 5.32 Å². The smallest absolute Gasteiger partial charge is 0.237 e. The molecule has 4 heteroatoms. The lowest BCUT2D eigenvalue weighted by atomic mass is 10.1. The Bertz CT molecular complexity index is 202. The Morgan fingerprint density at radius 2 is 2.29 bits per heavy atom. The van der Waals surface area contributed by atoms with Gasteiger partial charge in [0.1, 0.15) is 0 Å². The molecule has 1 saturated carbocycles. The van der Waals surface area contributed by atoms with Crippen molar-refractivity contribution in [3.8, 4) is 0 Å². The Morgan fingerprint density at radius 3 is 2.79 bits per heavy atom. The SMILES string of the molecule is COCCCC(N)C(=O)NC1(C)CC1. The zero-order valence-electron chi connectivity index (χ0n) is 9.01. The summed E-state index contributed by atoms with van der Waals surface area (Å²) in [7, 11) is 1.65. The quantitative estimate of drug-likeness (QED) is 0.610. The first-order chi connectivity index (χ1) is 6.57. The maximum atomic E-state index is 11.5. The molecule has 0 spiro atoms. The van der Waals surface area contributed by atoms with Crippen LogP contribution >= 0.6 is 0 Å². The summed E-state index contributed by atoms with van der Waals surface area (Å²) >= 11 is 0. The molecule has 0 aromatic carbocycles. The molecule has 1 atom stereocenters. The monoisotopic (exact) mass is 200 g/mol. The van der Waals surface area contributed by atoms with E-state index in [1.807, 2.05) is 6.92 Å². The number of amides is 1. The molecule has 0 aromatic rings. The van der Waals surface area contributed by atoms with E-state index in [0.717, 1.165) is 19.3 Å². The fourth-order valence-electron chi connectivity index (χ4n) is 1.28. The van der Waals surface area contributed by atoms with Gasteiger partial charge in [0.2, 0.25) is 5.91 Å². The van der Waals surface area contributed by atoms with Crippen LogP contribution in [0.25, 0.3) is 0 Å². The van der Waals surface area contributed by atoms with E-state index in [1.54, 1.807) is 7.11 Å². The van der Waals surface area contributed by atoms with Gasteiger partial charge in [0.25, 0.3) is 0 Å². The summed E-state index contributed by atoms with van der Waals surface area (Å²) in [6, 6.07) is -0.387. The first kappa shape index (κ1) is 11.5. The molecule has 1 amide bonds. The summed E-state index contributed by atoms with van der Waals surface area (Å²) in [6.45, 7) is 2.71. The topological polar surface area (TPSA) is 64.3 Å². The highest BCUT2D eigenvalue weighted by atomic mass is 16.5. The van der Waals surface area contributed by atoms with Crippen molar-refractivity contribution in [2.75, 3.05) is 13.7 Å². The molecule has 1 aliphatic carbocycles. The van der Waals surface area contributed by atoms with Gasteiger partial charge in [-0.15, -0.1) is 0 Å². The minimum absolute atomic E-state index is 0.0268. The molecule has 1 aliphatic rings. The van der Waals surface area contributed by atoms with Crippen LogP contribution in [0.5, 0.6) is 0 Å². The summed E-state index contributed by atoms with van der Waals surface area (Å²) in [5.74, 6) is -0.0268. The standard InChI is InChI=1S/C10H20N2O2/c1-10(5-6-10)12-9(13)8(11)4-3-7-14-2/h8H,3-7,11H2,1-2H3,(H,12,13). The highest BCUT2D eigenvalue weighted by molar-refractivity contribution is 5.82. The lowest BCUT2D eigenvalue weighted by Crippen LogP contribution is -2.45. The summed E-state index contributed by atoms with van der Waals surface area (Å²) in [5, 5.41) is 2.95. The molecule has 1 rings (SSSR count). The van der Waals surface area contributed by atoms with E-state index in [-0.39, 0.29) is 17.5 Å². The number of carbonyl (C=O) groups is 1. The van der Waals surface area contributed by atoms with Crippen molar-refractivity contribution >= 4 is 5.91 Å². The van der Waals surface area contributed by atoms with Gasteiger partial charge in [-0.3, -0.25) is 4.79 Å². The van der Waals surface area contributed by atoms with Crippen LogP contribution in [-0.2, 0) is 9.53 Å². The molecule has 4 nitrogen and oxygen atoms in total. The molecule has 1 unspecified atom stereocenters. The molecule has 0 bridgehead atoms. The van der Waals surface area contributed by atoms with Gasteiger partial charge >= 0.3 is 0 Å². The summed E-state index contributed by atoms with van der Waals surface area (Å²) in [6.07, 6.45) is 3.67. The summed E-state index contributed by atoms with van der Waals surface area (Å²) < 4.78 is 4.90. The average Bonchev–Trinajstić information content (AvgIpc) is 2.83. The van der Waals surface area contributed by atoms with E-state index in [2.05, 4.69) is 5.32 Å². The Balaban J connectivity index is 2.15. The third kappa shape index (κ3) is 3.64. The number of ether oxygens (including phenoxy) is 1. The zero-order valence-corrected chi connectivity index (χ0v) is 9.01. The number of hydrogen-bond donors (Lipinski definition) is 2. The van der Waals surface area contributed by atoms with Crippen LogP contribution in [-0.4, -0.2) is 31.2 Å². The number of carbonyl (C=O) groups excluding carboxylic acids is 1. The molecular formula is C10H20N2O2. The molecule has 82 valence electrons. The number of methoxy groups -OCH3 is 1. The van der Waals surface area contributed by atoms with Gasteiger partial charge in [0.05, 0.1) is 6.04 Å². The Hall–Kier alpha value is -0.610. The highest BCUT2D eigenvalue weighted by Gasteiger charge is 2.39. The van der Waals surface area contributed by atoms with E-state index in [9.17, 15) is 4.79 Å². The van der Waals surface area contributed by atoms with Crippen molar-refractivity contribution < 1.29 is 9.53 Å². The number of nitrogens with two attached hydrogens (primary N) is 1. The largest absolute Gasteiger partial charge is 0.385 e. The van der Waals surface area contributed by atoms with E-state index in [4.69, 9.17) is 10.5 Å². The van der Waals surface area contributed by atoms with Gasteiger partial charge in [0, 0.05) is 19.3 Å². The third-order valence-electron chi connectivity index (χ3n) is 2.63. The Morgan fingerprint density at radius 1 is 1.64 bits per heavy atom. The van der Waals surface area contributed by atoms with Crippen molar-refractivity contribution in [3.05, 3.63) is 0 Å². The lowest BCUT2D eigenvalue weighted by molar-refractivity contribution is -0.123. The number of nitrogens with one attached hydrogen (secondary N) is 1. The Labute approximate surface area is 85.2 Å². The first-order valence-electron chi connectivity index (χ1n) is 5.14. The second-order valence-corrected chi connectivity index (χ2v) is 4.29. The van der Waals surface area contributed by atoms with E-state index in [1.165, 1.54) is 0 Å². The molecule has 0 aromatic heterocycles. The second-order valence-electron chi connectivity index (χ2n) is 4.29. The molecule has 0 aliphatic heterocycles. The number of rotatable bonds is 6. The van der Waals surface area contributed by atoms with Gasteiger partial charge in [-0.1, -0.05) is 0 Å². The average molecular weight is 200 g/mol. The zero-order chi connectivity index (χ0) is 10.6. The molecule has 0 saturated heterocycles.